The molecule has 0 aromatic heterocycles. The summed E-state index contributed by atoms with van der Waals surface area (Å²) in [5.74, 6) is 0. The molecule has 0 amide bonds. The van der Waals surface area contributed by atoms with Gasteiger partial charge in [0.15, 0.2) is 0 Å². The molecule has 0 spiro atoms. The van der Waals surface area contributed by atoms with Gasteiger partial charge >= 0.3 is 0 Å². The quantitative estimate of drug-likeness (QED) is 0.745. The van der Waals surface area contributed by atoms with Crippen molar-refractivity contribution in [1.29, 1.82) is 5.26 Å². The first kappa shape index (κ1) is 11.2. The highest BCUT2D eigenvalue weighted by molar-refractivity contribution is 6.32. The molecule has 16 heavy (non-hydrogen) atoms. The smallest absolute Gasteiger partial charge is 0.0991 e. The van der Waals surface area contributed by atoms with Gasteiger partial charge in [-0.1, -0.05) is 17.7 Å². The van der Waals surface area contributed by atoms with E-state index < -0.39 is 0 Å². The molecule has 82 valence electrons. The Morgan fingerprint density at radius 3 is 2.88 bits per heavy atom. The monoisotopic (exact) mass is 232 g/mol. The van der Waals surface area contributed by atoms with E-state index in [2.05, 4.69) is 24.1 Å². The minimum Gasteiger partial charge on any atom is -0.302 e. The predicted molar refractivity (Wildman–Crippen MR) is 66.3 cm³/mol. The minimum atomic E-state index is 0.666. The minimum absolute atomic E-state index is 0.666. The number of benzene rings is 1. The lowest BCUT2D eigenvalue weighted by molar-refractivity contribution is 0.370. The lowest BCUT2D eigenvalue weighted by Gasteiger charge is -2.22. The lowest BCUT2D eigenvalue weighted by atomic mass is 9.98. The van der Waals surface area contributed by atoms with Gasteiger partial charge in [0.05, 0.1) is 11.6 Å². The number of rotatable bonds is 1. The van der Waals surface area contributed by atoms with Crippen LogP contribution in [0.25, 0.3) is 5.57 Å². The van der Waals surface area contributed by atoms with Gasteiger partial charge in [0.1, 0.15) is 0 Å². The molecule has 1 aliphatic rings. The molecule has 2 nitrogen and oxygen atoms in total. The summed E-state index contributed by atoms with van der Waals surface area (Å²) in [6, 6.07) is 7.57. The predicted octanol–water partition coefficient (Wildman–Crippen LogP) is 2.93. The first-order chi connectivity index (χ1) is 7.70. The summed E-state index contributed by atoms with van der Waals surface area (Å²) in [5, 5.41) is 9.60. The molecule has 0 radical (unpaired) electrons. The second kappa shape index (κ2) is 4.69. The average Bonchev–Trinajstić information content (AvgIpc) is 2.31. The Kier molecular flexibility index (Phi) is 3.28. The normalized spacial score (nSPS) is 16.7. The van der Waals surface area contributed by atoms with Crippen molar-refractivity contribution in [2.45, 2.75) is 6.42 Å². The van der Waals surface area contributed by atoms with Crippen LogP contribution in [0.3, 0.4) is 0 Å². The zero-order valence-electron chi connectivity index (χ0n) is 9.20. The topological polar surface area (TPSA) is 27.0 Å². The van der Waals surface area contributed by atoms with Gasteiger partial charge in [-0.15, -0.1) is 0 Å². The van der Waals surface area contributed by atoms with E-state index in [1.165, 1.54) is 5.57 Å². The van der Waals surface area contributed by atoms with Crippen LogP contribution in [0.1, 0.15) is 17.5 Å². The molecule has 0 aliphatic carbocycles. The third kappa shape index (κ3) is 2.27. The van der Waals surface area contributed by atoms with E-state index in [9.17, 15) is 0 Å². The molecule has 1 aromatic carbocycles. The first-order valence-corrected chi connectivity index (χ1v) is 5.66. The summed E-state index contributed by atoms with van der Waals surface area (Å²) < 4.78 is 0. The van der Waals surface area contributed by atoms with E-state index in [4.69, 9.17) is 16.9 Å². The molecule has 2 rings (SSSR count). The van der Waals surface area contributed by atoms with Gasteiger partial charge in [0.2, 0.25) is 0 Å². The molecule has 0 atom stereocenters. The molecule has 0 unspecified atom stereocenters. The highest BCUT2D eigenvalue weighted by atomic mass is 35.5. The fourth-order valence-corrected chi connectivity index (χ4v) is 2.10. The maximum atomic E-state index is 8.87. The van der Waals surface area contributed by atoms with Gasteiger partial charge in [-0.25, -0.2) is 0 Å². The van der Waals surface area contributed by atoms with Crippen LogP contribution < -0.4 is 0 Å². The lowest BCUT2D eigenvalue weighted by Crippen LogP contribution is -2.23. The molecule has 1 heterocycles. The molecule has 1 aromatic rings. The third-order valence-electron chi connectivity index (χ3n) is 2.85. The number of hydrogen-bond acceptors (Lipinski definition) is 2. The number of nitrogens with zero attached hydrogens (tertiary/aromatic N) is 2. The number of likely N-dealkylation sites (N-methyl/N-ethyl adjacent to an activating group) is 1. The number of halogens is 1. The Balaban J connectivity index is 2.37. The summed E-state index contributed by atoms with van der Waals surface area (Å²) in [6.07, 6.45) is 3.18. The van der Waals surface area contributed by atoms with Crippen LogP contribution in [0.4, 0.5) is 0 Å². The number of nitriles is 1. The van der Waals surface area contributed by atoms with E-state index in [-0.39, 0.29) is 0 Å². The summed E-state index contributed by atoms with van der Waals surface area (Å²) in [6.45, 7) is 1.99. The highest BCUT2D eigenvalue weighted by Gasteiger charge is 2.12. The van der Waals surface area contributed by atoms with Crippen molar-refractivity contribution in [3.05, 3.63) is 40.4 Å². The molecule has 0 bridgehead atoms. The molecule has 0 saturated carbocycles. The first-order valence-electron chi connectivity index (χ1n) is 5.28. The third-order valence-corrected chi connectivity index (χ3v) is 3.18. The van der Waals surface area contributed by atoms with Gasteiger partial charge < -0.3 is 4.90 Å². The van der Waals surface area contributed by atoms with E-state index in [1.54, 1.807) is 12.1 Å². The van der Waals surface area contributed by atoms with E-state index >= 15 is 0 Å². The Morgan fingerprint density at radius 2 is 2.25 bits per heavy atom. The Labute approximate surface area is 101 Å². The molecule has 3 heteroatoms. The van der Waals surface area contributed by atoms with Gasteiger partial charge in [0, 0.05) is 18.1 Å². The van der Waals surface area contributed by atoms with Crippen LogP contribution >= 0.6 is 11.6 Å². The van der Waals surface area contributed by atoms with Gasteiger partial charge in [-0.05, 0) is 42.8 Å². The van der Waals surface area contributed by atoms with Crippen molar-refractivity contribution < 1.29 is 0 Å². The van der Waals surface area contributed by atoms with Crippen molar-refractivity contribution in [2.75, 3.05) is 20.1 Å². The maximum absolute atomic E-state index is 8.87. The van der Waals surface area contributed by atoms with E-state index in [1.807, 2.05) is 6.07 Å². The van der Waals surface area contributed by atoms with Crippen LogP contribution in [-0.2, 0) is 0 Å². The van der Waals surface area contributed by atoms with Crippen LogP contribution in [0.5, 0.6) is 0 Å². The standard InChI is InChI=1S/C13H13ClN2/c1-16-6-4-11(5-7-16)12-8-10(9-15)2-3-13(12)14/h2-4,8H,5-7H2,1H3. The summed E-state index contributed by atoms with van der Waals surface area (Å²) in [4.78, 5) is 2.26. The van der Waals surface area contributed by atoms with Crippen LogP contribution in [-0.4, -0.2) is 25.0 Å². The van der Waals surface area contributed by atoms with Crippen LogP contribution in [0.2, 0.25) is 5.02 Å². The van der Waals surface area contributed by atoms with Gasteiger partial charge in [0.25, 0.3) is 0 Å². The Hall–Kier alpha value is -1.30. The largest absolute Gasteiger partial charge is 0.302 e. The Bertz CT molecular complexity index is 471. The zero-order valence-corrected chi connectivity index (χ0v) is 9.96. The molecule has 0 N–H and O–H groups in total. The van der Waals surface area contributed by atoms with Gasteiger partial charge in [-0.2, -0.15) is 5.26 Å². The second-order valence-corrected chi connectivity index (χ2v) is 4.46. The molecular weight excluding hydrogens is 220 g/mol. The summed E-state index contributed by atoms with van der Waals surface area (Å²) in [5.41, 5.74) is 2.92. The average molecular weight is 233 g/mol. The van der Waals surface area contributed by atoms with Crippen molar-refractivity contribution in [3.63, 3.8) is 0 Å². The molecule has 1 aliphatic heterocycles. The van der Waals surface area contributed by atoms with Crippen LogP contribution in [0.15, 0.2) is 24.3 Å². The maximum Gasteiger partial charge on any atom is 0.0991 e. The fraction of sp³-hybridized carbons (Fsp3) is 0.308. The number of hydrogen-bond donors (Lipinski definition) is 0. The second-order valence-electron chi connectivity index (χ2n) is 4.05. The fourth-order valence-electron chi connectivity index (χ4n) is 1.86. The van der Waals surface area contributed by atoms with Crippen molar-refractivity contribution in [3.8, 4) is 6.07 Å². The Morgan fingerprint density at radius 1 is 1.44 bits per heavy atom. The molecular formula is C13H13ClN2. The highest BCUT2D eigenvalue weighted by Crippen LogP contribution is 2.29. The molecule has 0 fully saturated rings. The van der Waals surface area contributed by atoms with E-state index in [0.717, 1.165) is 30.1 Å². The van der Waals surface area contributed by atoms with E-state index in [0.29, 0.717) is 5.56 Å². The van der Waals surface area contributed by atoms with Crippen molar-refractivity contribution in [2.24, 2.45) is 0 Å². The molecule has 0 saturated heterocycles. The summed E-state index contributed by atoms with van der Waals surface area (Å²) >= 11 is 6.16. The SMILES string of the molecule is CN1CC=C(c2cc(C#N)ccc2Cl)CC1. The van der Waals surface area contributed by atoms with Crippen molar-refractivity contribution >= 4 is 17.2 Å². The van der Waals surface area contributed by atoms with Crippen molar-refractivity contribution in [1.82, 2.24) is 4.90 Å². The van der Waals surface area contributed by atoms with Crippen LogP contribution in [0, 0.1) is 11.3 Å². The summed E-state index contributed by atoms with van der Waals surface area (Å²) in [7, 11) is 2.10. The zero-order chi connectivity index (χ0) is 11.5. The van der Waals surface area contributed by atoms with Gasteiger partial charge in [-0.3, -0.25) is 0 Å².